The number of ether oxygens (including phenoxy) is 1. The number of rotatable bonds is 4. The molecule has 130 valence electrons. The Kier molecular flexibility index (Phi) is 5.11. The van der Waals surface area contributed by atoms with Crippen LogP contribution in [-0.2, 0) is 11.3 Å². The smallest absolute Gasteiger partial charge is 0.282 e. The molecule has 25 heavy (non-hydrogen) atoms. The zero-order valence-corrected chi connectivity index (χ0v) is 15.2. The van der Waals surface area contributed by atoms with Crippen molar-refractivity contribution in [2.24, 2.45) is 4.99 Å². The summed E-state index contributed by atoms with van der Waals surface area (Å²) >= 11 is 1.44. The second kappa shape index (κ2) is 7.29. The van der Waals surface area contributed by atoms with E-state index in [-0.39, 0.29) is 5.56 Å². The number of benzene rings is 2. The van der Waals surface area contributed by atoms with Gasteiger partial charge in [-0.05, 0) is 43.2 Å². The van der Waals surface area contributed by atoms with Crippen molar-refractivity contribution in [2.75, 3.05) is 13.7 Å². The summed E-state index contributed by atoms with van der Waals surface area (Å²) in [5, 5.41) is 0. The molecule has 0 N–H and O–H groups in total. The molecule has 3 rings (SSSR count). The molecule has 0 spiro atoms. The van der Waals surface area contributed by atoms with Crippen LogP contribution in [0.15, 0.2) is 41.4 Å². The van der Waals surface area contributed by atoms with Gasteiger partial charge in [0.05, 0.1) is 22.4 Å². The highest BCUT2D eigenvalue weighted by Crippen LogP contribution is 2.23. The lowest BCUT2D eigenvalue weighted by Crippen LogP contribution is -2.19. The van der Waals surface area contributed by atoms with Crippen molar-refractivity contribution in [3.8, 4) is 0 Å². The Morgan fingerprint density at radius 3 is 2.76 bits per heavy atom. The van der Waals surface area contributed by atoms with Gasteiger partial charge < -0.3 is 9.30 Å². The van der Waals surface area contributed by atoms with Gasteiger partial charge in [-0.25, -0.2) is 4.39 Å². The Bertz CT molecular complexity index is 1000. The molecule has 4 nitrogen and oxygen atoms in total. The minimum absolute atomic E-state index is 0.0221. The second-order valence-electron chi connectivity index (χ2n) is 5.86. The summed E-state index contributed by atoms with van der Waals surface area (Å²) in [5.74, 6) is -1.14. The van der Waals surface area contributed by atoms with Crippen LogP contribution in [0.25, 0.3) is 10.2 Å². The second-order valence-corrected chi connectivity index (χ2v) is 6.83. The Hall–Kier alpha value is -2.31. The predicted octanol–water partition coefficient (Wildman–Crippen LogP) is 3.85. The van der Waals surface area contributed by atoms with Crippen LogP contribution in [0.3, 0.4) is 0 Å². The van der Waals surface area contributed by atoms with E-state index in [0.29, 0.717) is 18.0 Å². The number of aryl methyl sites for hydroxylation is 2. The third kappa shape index (κ3) is 3.55. The molecular formula is C19H19FN2O2S. The highest BCUT2D eigenvalue weighted by atomic mass is 32.1. The highest BCUT2D eigenvalue weighted by Gasteiger charge is 2.13. The number of thiazole rings is 1. The molecule has 0 saturated heterocycles. The molecule has 0 unspecified atom stereocenters. The van der Waals surface area contributed by atoms with Crippen LogP contribution < -0.4 is 4.80 Å². The third-order valence-corrected chi connectivity index (χ3v) is 5.16. The number of hydrogen-bond acceptors (Lipinski definition) is 3. The zero-order valence-electron chi connectivity index (χ0n) is 14.4. The van der Waals surface area contributed by atoms with Crippen molar-refractivity contribution >= 4 is 27.5 Å². The van der Waals surface area contributed by atoms with Crippen molar-refractivity contribution in [3.05, 3.63) is 63.7 Å². The van der Waals surface area contributed by atoms with Crippen LogP contribution in [0.4, 0.5) is 4.39 Å². The highest BCUT2D eigenvalue weighted by molar-refractivity contribution is 7.16. The van der Waals surface area contributed by atoms with Gasteiger partial charge in [-0.1, -0.05) is 29.5 Å². The van der Waals surface area contributed by atoms with Crippen LogP contribution in [0.2, 0.25) is 0 Å². The first-order valence-electron chi connectivity index (χ1n) is 7.94. The van der Waals surface area contributed by atoms with Gasteiger partial charge in [0, 0.05) is 13.7 Å². The molecule has 3 aromatic rings. The number of hydrogen-bond donors (Lipinski definition) is 0. The van der Waals surface area contributed by atoms with Gasteiger partial charge in [0.25, 0.3) is 5.91 Å². The third-order valence-electron chi connectivity index (χ3n) is 3.93. The fourth-order valence-electron chi connectivity index (χ4n) is 2.78. The SMILES string of the molecule is COCCn1c(=NC(=O)c2ccccc2F)sc2c(C)cc(C)cc21. The van der Waals surface area contributed by atoms with E-state index in [1.54, 1.807) is 19.2 Å². The minimum atomic E-state index is -0.579. The maximum Gasteiger partial charge on any atom is 0.282 e. The number of methoxy groups -OCH3 is 1. The van der Waals surface area contributed by atoms with Gasteiger partial charge in [-0.15, -0.1) is 0 Å². The topological polar surface area (TPSA) is 43.6 Å². The molecule has 6 heteroatoms. The molecule has 0 aliphatic heterocycles. The van der Waals surface area contributed by atoms with Gasteiger partial charge in [0.2, 0.25) is 0 Å². The molecule has 1 aromatic heterocycles. The van der Waals surface area contributed by atoms with E-state index in [1.165, 1.54) is 23.5 Å². The Morgan fingerprint density at radius 1 is 1.28 bits per heavy atom. The fourth-order valence-corrected chi connectivity index (χ4v) is 3.88. The maximum atomic E-state index is 13.9. The lowest BCUT2D eigenvalue weighted by molar-refractivity contribution is 0.0993. The first-order chi connectivity index (χ1) is 12.0. The predicted molar refractivity (Wildman–Crippen MR) is 97.5 cm³/mol. The van der Waals surface area contributed by atoms with E-state index in [0.717, 1.165) is 21.3 Å². The van der Waals surface area contributed by atoms with E-state index in [2.05, 4.69) is 17.1 Å². The van der Waals surface area contributed by atoms with E-state index in [4.69, 9.17) is 4.74 Å². The standard InChI is InChI=1S/C19H19FN2O2S/c1-12-10-13(2)17-16(11-12)22(8-9-24-3)19(25-17)21-18(23)14-6-4-5-7-15(14)20/h4-7,10-11H,8-9H2,1-3H3. The average Bonchev–Trinajstić information content (AvgIpc) is 2.91. The molecule has 1 heterocycles. The van der Waals surface area contributed by atoms with E-state index in [9.17, 15) is 9.18 Å². The number of fused-ring (bicyclic) bond motifs is 1. The number of carbonyl (C=O) groups excluding carboxylic acids is 1. The van der Waals surface area contributed by atoms with Crippen LogP contribution >= 0.6 is 11.3 Å². The van der Waals surface area contributed by atoms with Gasteiger partial charge in [0.1, 0.15) is 5.82 Å². The normalized spacial score (nSPS) is 12.1. The van der Waals surface area contributed by atoms with Gasteiger partial charge in [-0.2, -0.15) is 4.99 Å². The molecular weight excluding hydrogens is 339 g/mol. The quantitative estimate of drug-likeness (QED) is 0.711. The molecule has 1 amide bonds. The summed E-state index contributed by atoms with van der Waals surface area (Å²) < 4.78 is 22.1. The summed E-state index contributed by atoms with van der Waals surface area (Å²) in [6.45, 7) is 5.14. The van der Waals surface area contributed by atoms with Crippen molar-refractivity contribution in [2.45, 2.75) is 20.4 Å². The van der Waals surface area contributed by atoms with Crippen molar-refractivity contribution in [1.29, 1.82) is 0 Å². The Balaban J connectivity index is 2.19. The molecule has 2 aromatic carbocycles. The number of aromatic nitrogens is 1. The summed E-state index contributed by atoms with van der Waals surface area (Å²) in [6.07, 6.45) is 0. The molecule has 0 radical (unpaired) electrons. The molecule has 0 atom stereocenters. The Morgan fingerprint density at radius 2 is 2.04 bits per heavy atom. The summed E-state index contributed by atoms with van der Waals surface area (Å²) in [6, 6.07) is 10.1. The van der Waals surface area contributed by atoms with Gasteiger partial charge in [-0.3, -0.25) is 4.79 Å². The minimum Gasteiger partial charge on any atom is -0.383 e. The molecule has 0 aliphatic rings. The van der Waals surface area contributed by atoms with E-state index in [1.807, 2.05) is 18.4 Å². The molecule has 0 saturated carbocycles. The number of carbonyl (C=O) groups is 1. The number of halogens is 1. The monoisotopic (exact) mass is 358 g/mol. The summed E-state index contributed by atoms with van der Waals surface area (Å²) in [7, 11) is 1.63. The van der Waals surface area contributed by atoms with Crippen LogP contribution in [-0.4, -0.2) is 24.2 Å². The first-order valence-corrected chi connectivity index (χ1v) is 8.76. The van der Waals surface area contributed by atoms with Crippen LogP contribution in [0, 0.1) is 19.7 Å². The number of nitrogens with zero attached hydrogens (tertiary/aromatic N) is 2. The number of amides is 1. The van der Waals surface area contributed by atoms with E-state index >= 15 is 0 Å². The first kappa shape index (κ1) is 17.5. The Labute approximate surface area is 149 Å². The molecule has 0 fully saturated rings. The van der Waals surface area contributed by atoms with Crippen molar-refractivity contribution in [3.63, 3.8) is 0 Å². The van der Waals surface area contributed by atoms with Gasteiger partial charge >= 0.3 is 0 Å². The van der Waals surface area contributed by atoms with Crippen molar-refractivity contribution < 1.29 is 13.9 Å². The van der Waals surface area contributed by atoms with Crippen molar-refractivity contribution in [1.82, 2.24) is 4.57 Å². The average molecular weight is 358 g/mol. The summed E-state index contributed by atoms with van der Waals surface area (Å²) in [4.78, 5) is 17.2. The lowest BCUT2D eigenvalue weighted by Gasteiger charge is -2.06. The summed E-state index contributed by atoms with van der Waals surface area (Å²) in [5.41, 5.74) is 3.26. The lowest BCUT2D eigenvalue weighted by atomic mass is 10.1. The fraction of sp³-hybridized carbons (Fsp3) is 0.263. The van der Waals surface area contributed by atoms with Crippen LogP contribution in [0.1, 0.15) is 21.5 Å². The van der Waals surface area contributed by atoms with Crippen LogP contribution in [0.5, 0.6) is 0 Å². The van der Waals surface area contributed by atoms with E-state index < -0.39 is 11.7 Å². The molecule has 0 aliphatic carbocycles. The zero-order chi connectivity index (χ0) is 18.0. The molecule has 0 bridgehead atoms. The largest absolute Gasteiger partial charge is 0.383 e. The maximum absolute atomic E-state index is 13.9. The van der Waals surface area contributed by atoms with Gasteiger partial charge in [0.15, 0.2) is 4.80 Å².